The highest BCUT2D eigenvalue weighted by Crippen LogP contribution is 2.28. The number of methoxy groups -OCH3 is 1. The third kappa shape index (κ3) is 7.59. The predicted octanol–water partition coefficient (Wildman–Crippen LogP) is 3.87. The van der Waals surface area contributed by atoms with E-state index >= 15 is 0 Å². The maximum atomic E-state index is 5.67. The fourth-order valence-corrected chi connectivity index (χ4v) is 3.63. The molecule has 0 bridgehead atoms. The minimum Gasteiger partial charge on any atom is -0.493 e. The second-order valence-electron chi connectivity index (χ2n) is 7.08. The van der Waals surface area contributed by atoms with Crippen LogP contribution in [0, 0.1) is 0 Å². The Morgan fingerprint density at radius 3 is 2.52 bits per heavy atom. The molecule has 1 heterocycles. The standard InChI is InChI=1S/C23H37N5O2.HI/c1-7-19-18(20(8-2)28(5)27-19)16-26-23(24-4)25-14-10-11-17-12-13-21(29-6)22(15-17)30-9-3;/h12-13,15H,7-11,14,16H2,1-6H3,(H2,24,25,26);1H. The van der Waals surface area contributed by atoms with Crippen molar-refractivity contribution in [1.29, 1.82) is 0 Å². The van der Waals surface area contributed by atoms with Crippen LogP contribution in [0.3, 0.4) is 0 Å². The first-order valence-electron chi connectivity index (χ1n) is 10.9. The van der Waals surface area contributed by atoms with Gasteiger partial charge in [0.25, 0.3) is 0 Å². The molecule has 0 atom stereocenters. The van der Waals surface area contributed by atoms with Gasteiger partial charge in [0, 0.05) is 38.4 Å². The lowest BCUT2D eigenvalue weighted by atomic mass is 10.1. The lowest BCUT2D eigenvalue weighted by molar-refractivity contribution is 0.310. The van der Waals surface area contributed by atoms with E-state index in [-0.39, 0.29) is 24.0 Å². The van der Waals surface area contributed by atoms with Crippen LogP contribution in [0.15, 0.2) is 23.2 Å². The fourth-order valence-electron chi connectivity index (χ4n) is 3.63. The zero-order valence-corrected chi connectivity index (χ0v) is 22.1. The van der Waals surface area contributed by atoms with Gasteiger partial charge in [-0.1, -0.05) is 19.9 Å². The average Bonchev–Trinajstić information content (AvgIpc) is 3.08. The van der Waals surface area contributed by atoms with E-state index in [1.165, 1.54) is 16.8 Å². The van der Waals surface area contributed by atoms with Gasteiger partial charge in [-0.3, -0.25) is 9.67 Å². The topological polar surface area (TPSA) is 72.7 Å². The second-order valence-corrected chi connectivity index (χ2v) is 7.08. The number of nitrogens with zero attached hydrogens (tertiary/aromatic N) is 3. The number of rotatable bonds is 11. The van der Waals surface area contributed by atoms with Crippen molar-refractivity contribution in [2.45, 2.75) is 53.0 Å². The van der Waals surface area contributed by atoms with E-state index in [9.17, 15) is 0 Å². The SMILES string of the molecule is CCOc1cc(CCCNC(=NC)NCc2c(CC)nn(C)c2CC)ccc1OC.I. The van der Waals surface area contributed by atoms with Crippen LogP contribution in [0.4, 0.5) is 0 Å². The largest absolute Gasteiger partial charge is 0.493 e. The quantitative estimate of drug-likeness (QED) is 0.195. The molecule has 0 aliphatic heterocycles. The van der Waals surface area contributed by atoms with Gasteiger partial charge in [-0.25, -0.2) is 0 Å². The first-order valence-corrected chi connectivity index (χ1v) is 10.9. The molecule has 1 aromatic carbocycles. The molecule has 31 heavy (non-hydrogen) atoms. The number of aliphatic imine (C=N–C) groups is 1. The summed E-state index contributed by atoms with van der Waals surface area (Å²) in [5.74, 6) is 2.39. The molecule has 174 valence electrons. The molecule has 7 nitrogen and oxygen atoms in total. The maximum Gasteiger partial charge on any atom is 0.191 e. The van der Waals surface area contributed by atoms with Crippen molar-refractivity contribution in [3.63, 3.8) is 0 Å². The summed E-state index contributed by atoms with van der Waals surface area (Å²) in [6.07, 6.45) is 3.85. The van der Waals surface area contributed by atoms with E-state index in [0.29, 0.717) is 6.61 Å². The Bertz CT molecular complexity index is 836. The van der Waals surface area contributed by atoms with Crippen LogP contribution in [0.5, 0.6) is 11.5 Å². The predicted molar refractivity (Wildman–Crippen MR) is 138 cm³/mol. The van der Waals surface area contributed by atoms with Gasteiger partial charge < -0.3 is 20.1 Å². The Labute approximate surface area is 204 Å². The highest BCUT2D eigenvalue weighted by atomic mass is 127. The van der Waals surface area contributed by atoms with Crippen LogP contribution in [-0.2, 0) is 32.9 Å². The molecule has 2 rings (SSSR count). The number of hydrogen-bond donors (Lipinski definition) is 2. The molecule has 0 fully saturated rings. The molecule has 0 unspecified atom stereocenters. The summed E-state index contributed by atoms with van der Waals surface area (Å²) in [6, 6.07) is 6.13. The molecular weight excluding hydrogens is 505 g/mol. The Hall–Kier alpha value is -1.97. The Morgan fingerprint density at radius 1 is 1.13 bits per heavy atom. The lowest BCUT2D eigenvalue weighted by Crippen LogP contribution is -2.37. The van der Waals surface area contributed by atoms with E-state index in [0.717, 1.165) is 61.9 Å². The minimum absolute atomic E-state index is 0. The van der Waals surface area contributed by atoms with Crippen molar-refractivity contribution in [1.82, 2.24) is 20.4 Å². The summed E-state index contributed by atoms with van der Waals surface area (Å²) in [5.41, 5.74) is 4.95. The molecule has 0 aliphatic carbocycles. The van der Waals surface area contributed by atoms with Crippen LogP contribution in [0.1, 0.15) is 49.7 Å². The lowest BCUT2D eigenvalue weighted by Gasteiger charge is -2.14. The number of halogens is 1. The first-order chi connectivity index (χ1) is 14.6. The van der Waals surface area contributed by atoms with Gasteiger partial charge in [-0.05, 0) is 50.3 Å². The number of ether oxygens (including phenoxy) is 2. The van der Waals surface area contributed by atoms with Gasteiger partial charge in [-0.15, -0.1) is 24.0 Å². The number of nitrogens with one attached hydrogen (secondary N) is 2. The average molecular weight is 543 g/mol. The number of guanidine groups is 1. The van der Waals surface area contributed by atoms with Crippen molar-refractivity contribution in [2.24, 2.45) is 12.0 Å². The van der Waals surface area contributed by atoms with Crippen LogP contribution in [-0.4, -0.2) is 43.0 Å². The second kappa shape index (κ2) is 14.2. The molecule has 0 amide bonds. The fraction of sp³-hybridized carbons (Fsp3) is 0.565. The summed E-state index contributed by atoms with van der Waals surface area (Å²) >= 11 is 0. The highest BCUT2D eigenvalue weighted by molar-refractivity contribution is 14.0. The normalized spacial score (nSPS) is 11.1. The first kappa shape index (κ1) is 27.1. The highest BCUT2D eigenvalue weighted by Gasteiger charge is 2.13. The van der Waals surface area contributed by atoms with Crippen LogP contribution >= 0.6 is 24.0 Å². The molecule has 2 aromatic rings. The molecule has 8 heteroatoms. The summed E-state index contributed by atoms with van der Waals surface area (Å²) in [4.78, 5) is 4.36. The van der Waals surface area contributed by atoms with Gasteiger partial charge in [-0.2, -0.15) is 5.10 Å². The van der Waals surface area contributed by atoms with E-state index in [4.69, 9.17) is 9.47 Å². The Balaban J connectivity index is 0.00000480. The summed E-state index contributed by atoms with van der Waals surface area (Å²) < 4.78 is 13.0. The zero-order chi connectivity index (χ0) is 21.9. The number of hydrogen-bond acceptors (Lipinski definition) is 4. The smallest absolute Gasteiger partial charge is 0.191 e. The monoisotopic (exact) mass is 543 g/mol. The number of benzene rings is 1. The van der Waals surface area contributed by atoms with Crippen LogP contribution in [0.2, 0.25) is 0 Å². The molecule has 1 aromatic heterocycles. The van der Waals surface area contributed by atoms with E-state index < -0.39 is 0 Å². The van der Waals surface area contributed by atoms with E-state index in [2.05, 4.69) is 46.7 Å². The van der Waals surface area contributed by atoms with Gasteiger partial charge in [0.05, 0.1) is 19.4 Å². The van der Waals surface area contributed by atoms with Crippen LogP contribution < -0.4 is 20.1 Å². The molecule has 0 radical (unpaired) electrons. The van der Waals surface area contributed by atoms with Crippen molar-refractivity contribution >= 4 is 29.9 Å². The number of aryl methyl sites for hydroxylation is 3. The van der Waals surface area contributed by atoms with Gasteiger partial charge in [0.1, 0.15) is 0 Å². The van der Waals surface area contributed by atoms with Gasteiger partial charge >= 0.3 is 0 Å². The van der Waals surface area contributed by atoms with Crippen molar-refractivity contribution < 1.29 is 9.47 Å². The molecule has 0 saturated heterocycles. The molecule has 0 aliphatic rings. The maximum absolute atomic E-state index is 5.67. The summed E-state index contributed by atoms with van der Waals surface area (Å²) in [5, 5.41) is 11.5. The van der Waals surface area contributed by atoms with E-state index in [1.54, 1.807) is 14.2 Å². The Kier molecular flexibility index (Phi) is 12.4. The number of aromatic nitrogens is 2. The Morgan fingerprint density at radius 2 is 1.90 bits per heavy atom. The summed E-state index contributed by atoms with van der Waals surface area (Å²) in [7, 11) is 5.49. The summed E-state index contributed by atoms with van der Waals surface area (Å²) in [6.45, 7) is 8.49. The molecule has 0 saturated carbocycles. The van der Waals surface area contributed by atoms with Crippen molar-refractivity contribution in [3.8, 4) is 11.5 Å². The molecular formula is C23H38IN5O2. The minimum atomic E-state index is 0. The third-order valence-electron chi connectivity index (χ3n) is 5.15. The zero-order valence-electron chi connectivity index (χ0n) is 19.7. The van der Waals surface area contributed by atoms with Gasteiger partial charge in [0.2, 0.25) is 0 Å². The third-order valence-corrected chi connectivity index (χ3v) is 5.15. The van der Waals surface area contributed by atoms with Crippen molar-refractivity contribution in [2.75, 3.05) is 27.3 Å². The van der Waals surface area contributed by atoms with E-state index in [1.807, 2.05) is 24.7 Å². The molecule has 0 spiro atoms. The molecule has 2 N–H and O–H groups in total. The van der Waals surface area contributed by atoms with Gasteiger partial charge in [0.15, 0.2) is 17.5 Å². The van der Waals surface area contributed by atoms with Crippen molar-refractivity contribution in [3.05, 3.63) is 40.7 Å². The van der Waals surface area contributed by atoms with Crippen LogP contribution in [0.25, 0.3) is 0 Å².